The maximum Gasteiger partial charge on any atom is 0.220 e. The fourth-order valence-corrected chi connectivity index (χ4v) is 2.04. The average molecular weight is 276 g/mol. The number of carbonyl (C=O) groups excluding carboxylic acids is 1. The predicted octanol–water partition coefficient (Wildman–Crippen LogP) is 2.86. The summed E-state index contributed by atoms with van der Waals surface area (Å²) in [7, 11) is 0. The van der Waals surface area contributed by atoms with Crippen molar-refractivity contribution in [3.05, 3.63) is 35.9 Å². The Balaban J connectivity index is 2.30. The molecule has 112 valence electrons. The third kappa shape index (κ3) is 6.20. The van der Waals surface area contributed by atoms with E-state index in [1.54, 1.807) is 0 Å². The van der Waals surface area contributed by atoms with Crippen molar-refractivity contribution >= 4 is 5.91 Å². The van der Waals surface area contributed by atoms with Gasteiger partial charge in [0, 0.05) is 24.4 Å². The molecule has 0 saturated heterocycles. The SMILES string of the molecule is CC(C)NCCCC(=O)NCC(C)(C)c1ccccc1. The van der Waals surface area contributed by atoms with Gasteiger partial charge in [0.1, 0.15) is 0 Å². The molecule has 0 spiro atoms. The van der Waals surface area contributed by atoms with Crippen molar-refractivity contribution in [1.82, 2.24) is 10.6 Å². The fourth-order valence-electron chi connectivity index (χ4n) is 2.04. The molecule has 0 aliphatic rings. The monoisotopic (exact) mass is 276 g/mol. The van der Waals surface area contributed by atoms with Crippen molar-refractivity contribution in [3.63, 3.8) is 0 Å². The quantitative estimate of drug-likeness (QED) is 0.717. The highest BCUT2D eigenvalue weighted by atomic mass is 16.1. The molecular weight excluding hydrogens is 248 g/mol. The topological polar surface area (TPSA) is 41.1 Å². The maximum absolute atomic E-state index is 11.8. The summed E-state index contributed by atoms with van der Waals surface area (Å²) in [5.41, 5.74) is 1.22. The van der Waals surface area contributed by atoms with Crippen molar-refractivity contribution in [2.75, 3.05) is 13.1 Å². The van der Waals surface area contributed by atoms with Crippen LogP contribution in [0.5, 0.6) is 0 Å². The van der Waals surface area contributed by atoms with E-state index in [0.717, 1.165) is 13.0 Å². The Bertz CT molecular complexity index is 399. The van der Waals surface area contributed by atoms with Gasteiger partial charge in [-0.05, 0) is 18.5 Å². The second-order valence-electron chi connectivity index (χ2n) is 6.24. The molecule has 0 unspecified atom stereocenters. The molecule has 1 rings (SSSR count). The lowest BCUT2D eigenvalue weighted by Crippen LogP contribution is -2.37. The first-order valence-corrected chi connectivity index (χ1v) is 7.47. The summed E-state index contributed by atoms with van der Waals surface area (Å²) in [5.74, 6) is 0.138. The van der Waals surface area contributed by atoms with Crippen LogP contribution in [-0.2, 0) is 10.2 Å². The summed E-state index contributed by atoms with van der Waals surface area (Å²) in [4.78, 5) is 11.8. The lowest BCUT2D eigenvalue weighted by Gasteiger charge is -2.25. The molecule has 0 aliphatic heterocycles. The smallest absolute Gasteiger partial charge is 0.220 e. The van der Waals surface area contributed by atoms with Crippen LogP contribution in [0.3, 0.4) is 0 Å². The lowest BCUT2D eigenvalue weighted by molar-refractivity contribution is -0.121. The Kier molecular flexibility index (Phi) is 6.73. The van der Waals surface area contributed by atoms with Gasteiger partial charge in [-0.25, -0.2) is 0 Å². The van der Waals surface area contributed by atoms with E-state index in [1.807, 2.05) is 18.2 Å². The zero-order valence-corrected chi connectivity index (χ0v) is 13.2. The zero-order chi connectivity index (χ0) is 15.0. The summed E-state index contributed by atoms with van der Waals surface area (Å²) in [6.07, 6.45) is 1.47. The van der Waals surface area contributed by atoms with Crippen LogP contribution in [0.2, 0.25) is 0 Å². The molecule has 3 nitrogen and oxygen atoms in total. The van der Waals surface area contributed by atoms with E-state index in [0.29, 0.717) is 19.0 Å². The van der Waals surface area contributed by atoms with Gasteiger partial charge in [0.2, 0.25) is 5.91 Å². The van der Waals surface area contributed by atoms with Crippen LogP contribution in [0.15, 0.2) is 30.3 Å². The van der Waals surface area contributed by atoms with Crippen LogP contribution in [0.25, 0.3) is 0 Å². The molecule has 0 atom stereocenters. The number of amides is 1. The average Bonchev–Trinajstić information content (AvgIpc) is 2.42. The Morgan fingerprint density at radius 3 is 2.45 bits per heavy atom. The number of carbonyl (C=O) groups is 1. The first-order valence-electron chi connectivity index (χ1n) is 7.47. The number of hydrogen-bond acceptors (Lipinski definition) is 2. The van der Waals surface area contributed by atoms with Gasteiger partial charge in [-0.3, -0.25) is 4.79 Å². The largest absolute Gasteiger partial charge is 0.355 e. The second kappa shape index (κ2) is 8.05. The first-order chi connectivity index (χ1) is 9.42. The van der Waals surface area contributed by atoms with E-state index in [4.69, 9.17) is 0 Å². The summed E-state index contributed by atoms with van der Waals surface area (Å²) >= 11 is 0. The minimum absolute atomic E-state index is 0.0346. The molecule has 0 fully saturated rings. The van der Waals surface area contributed by atoms with Gasteiger partial charge in [0.05, 0.1) is 0 Å². The van der Waals surface area contributed by atoms with Gasteiger partial charge in [-0.1, -0.05) is 58.0 Å². The zero-order valence-electron chi connectivity index (χ0n) is 13.2. The Labute approximate surface area is 123 Å². The Morgan fingerprint density at radius 2 is 1.85 bits per heavy atom. The summed E-state index contributed by atoms with van der Waals surface area (Å²) < 4.78 is 0. The van der Waals surface area contributed by atoms with Crippen molar-refractivity contribution in [2.24, 2.45) is 0 Å². The van der Waals surface area contributed by atoms with E-state index in [2.05, 4.69) is 50.5 Å². The van der Waals surface area contributed by atoms with Gasteiger partial charge in [-0.2, -0.15) is 0 Å². The van der Waals surface area contributed by atoms with E-state index in [1.165, 1.54) is 5.56 Å². The van der Waals surface area contributed by atoms with Crippen molar-refractivity contribution in [2.45, 2.75) is 52.0 Å². The molecule has 0 heterocycles. The maximum atomic E-state index is 11.8. The number of rotatable bonds is 8. The van der Waals surface area contributed by atoms with Crippen LogP contribution >= 0.6 is 0 Å². The van der Waals surface area contributed by atoms with Crippen LogP contribution in [0.1, 0.15) is 46.1 Å². The van der Waals surface area contributed by atoms with E-state index >= 15 is 0 Å². The molecule has 0 saturated carbocycles. The highest BCUT2D eigenvalue weighted by Gasteiger charge is 2.20. The fraction of sp³-hybridized carbons (Fsp3) is 0.588. The predicted molar refractivity (Wildman–Crippen MR) is 84.9 cm³/mol. The Morgan fingerprint density at radius 1 is 1.20 bits per heavy atom. The highest BCUT2D eigenvalue weighted by Crippen LogP contribution is 2.21. The molecule has 3 heteroatoms. The molecule has 1 aromatic rings. The molecule has 0 bridgehead atoms. The van der Waals surface area contributed by atoms with Crippen LogP contribution in [0, 0.1) is 0 Å². The molecule has 2 N–H and O–H groups in total. The van der Waals surface area contributed by atoms with Crippen LogP contribution in [0.4, 0.5) is 0 Å². The third-order valence-electron chi connectivity index (χ3n) is 3.42. The van der Waals surface area contributed by atoms with Gasteiger partial charge >= 0.3 is 0 Å². The minimum Gasteiger partial charge on any atom is -0.355 e. The Hall–Kier alpha value is -1.35. The summed E-state index contributed by atoms with van der Waals surface area (Å²) in [5, 5.41) is 6.36. The highest BCUT2D eigenvalue weighted by molar-refractivity contribution is 5.75. The van der Waals surface area contributed by atoms with Gasteiger partial charge < -0.3 is 10.6 Å². The molecule has 20 heavy (non-hydrogen) atoms. The summed E-state index contributed by atoms with van der Waals surface area (Å²) in [6, 6.07) is 10.8. The van der Waals surface area contributed by atoms with E-state index in [-0.39, 0.29) is 11.3 Å². The third-order valence-corrected chi connectivity index (χ3v) is 3.42. The lowest BCUT2D eigenvalue weighted by atomic mass is 9.84. The second-order valence-corrected chi connectivity index (χ2v) is 6.24. The van der Waals surface area contributed by atoms with Gasteiger partial charge in [-0.15, -0.1) is 0 Å². The summed E-state index contributed by atoms with van der Waals surface area (Å²) in [6.45, 7) is 10.1. The van der Waals surface area contributed by atoms with Gasteiger partial charge in [0.25, 0.3) is 0 Å². The number of benzene rings is 1. The molecular formula is C17H28N2O. The van der Waals surface area contributed by atoms with Crippen molar-refractivity contribution in [1.29, 1.82) is 0 Å². The van der Waals surface area contributed by atoms with Crippen molar-refractivity contribution in [3.8, 4) is 0 Å². The van der Waals surface area contributed by atoms with E-state index < -0.39 is 0 Å². The van der Waals surface area contributed by atoms with Crippen molar-refractivity contribution < 1.29 is 4.79 Å². The number of hydrogen-bond donors (Lipinski definition) is 2. The molecule has 0 aromatic heterocycles. The normalized spacial score (nSPS) is 11.7. The molecule has 0 radical (unpaired) electrons. The van der Waals surface area contributed by atoms with E-state index in [9.17, 15) is 4.79 Å². The van der Waals surface area contributed by atoms with Gasteiger partial charge in [0.15, 0.2) is 0 Å². The minimum atomic E-state index is -0.0346. The molecule has 0 aliphatic carbocycles. The van der Waals surface area contributed by atoms with Crippen LogP contribution < -0.4 is 10.6 Å². The molecule has 1 aromatic carbocycles. The van der Waals surface area contributed by atoms with Crippen LogP contribution in [-0.4, -0.2) is 25.0 Å². The molecule has 1 amide bonds. The first kappa shape index (κ1) is 16.7. The number of nitrogens with one attached hydrogen (secondary N) is 2. The standard InChI is InChI=1S/C17H28N2O/c1-14(2)18-12-8-11-16(20)19-13-17(3,4)15-9-6-5-7-10-15/h5-7,9-10,14,18H,8,11-13H2,1-4H3,(H,19,20).